The van der Waals surface area contributed by atoms with Gasteiger partial charge in [0.15, 0.2) is 0 Å². The summed E-state index contributed by atoms with van der Waals surface area (Å²) in [6.45, 7) is 2.72. The van der Waals surface area contributed by atoms with E-state index in [9.17, 15) is 4.79 Å². The van der Waals surface area contributed by atoms with Crippen LogP contribution in [0.2, 0.25) is 5.02 Å². The first-order chi connectivity index (χ1) is 8.68. The zero-order valence-corrected chi connectivity index (χ0v) is 11.0. The topological polar surface area (TPSA) is 53.5 Å². The van der Waals surface area contributed by atoms with E-state index < -0.39 is 0 Å². The smallest absolute Gasteiger partial charge is 0.257 e. The van der Waals surface area contributed by atoms with Crippen molar-refractivity contribution in [3.05, 3.63) is 34.9 Å². The first-order valence-electron chi connectivity index (χ1n) is 6.01. The van der Waals surface area contributed by atoms with Crippen molar-refractivity contribution in [1.29, 1.82) is 0 Å². The van der Waals surface area contributed by atoms with Gasteiger partial charge in [0.2, 0.25) is 0 Å². The Kier molecular flexibility index (Phi) is 4.33. The van der Waals surface area contributed by atoms with E-state index in [1.54, 1.807) is 6.07 Å². The monoisotopic (exact) mass is 265 g/mol. The van der Waals surface area contributed by atoms with Crippen LogP contribution < -0.4 is 10.7 Å². The number of hydrogen-bond acceptors (Lipinski definition) is 3. The van der Waals surface area contributed by atoms with Crippen LogP contribution in [0.1, 0.15) is 25.3 Å². The van der Waals surface area contributed by atoms with Gasteiger partial charge >= 0.3 is 0 Å². The van der Waals surface area contributed by atoms with Crippen LogP contribution in [-0.4, -0.2) is 24.2 Å². The molecule has 18 heavy (non-hydrogen) atoms. The lowest BCUT2D eigenvalue weighted by Crippen LogP contribution is -2.38. The number of amides is 1. The molecule has 0 spiro atoms. The Hall–Kier alpha value is -1.39. The van der Waals surface area contributed by atoms with Crippen molar-refractivity contribution in [2.45, 2.75) is 25.8 Å². The number of carbonyl (C=O) groups excluding carboxylic acids is 1. The van der Waals surface area contributed by atoms with Gasteiger partial charge < -0.3 is 5.32 Å². The zero-order valence-electron chi connectivity index (χ0n) is 10.2. The Morgan fingerprint density at radius 2 is 2.28 bits per heavy atom. The third-order valence-corrected chi connectivity index (χ3v) is 3.30. The highest BCUT2D eigenvalue weighted by molar-refractivity contribution is 6.34. The molecule has 96 valence electrons. The average Bonchev–Trinajstić information content (AvgIpc) is 2.90. The molecule has 2 rings (SSSR count). The highest BCUT2D eigenvalue weighted by Crippen LogP contribution is 2.15. The highest BCUT2D eigenvalue weighted by atomic mass is 35.5. The molecule has 1 heterocycles. The molecule has 0 aromatic heterocycles. The summed E-state index contributed by atoms with van der Waals surface area (Å²) in [5.74, 6) is -0.0843. The van der Waals surface area contributed by atoms with Crippen LogP contribution in [0, 0.1) is 0 Å². The standard InChI is InChI=1S/C13H16ClN3O/c1-9(10-5-2-3-6-11(10)14)16-17-13(18)12-7-4-8-15-12/h2-3,5-6,12,15H,4,7-8H2,1H3,(H,17,18)/b16-9+/t12-/m0/s1. The third-order valence-electron chi connectivity index (χ3n) is 2.97. The molecule has 1 aliphatic heterocycles. The van der Waals surface area contributed by atoms with E-state index in [1.165, 1.54) is 0 Å². The van der Waals surface area contributed by atoms with E-state index in [2.05, 4.69) is 15.8 Å². The van der Waals surface area contributed by atoms with Crippen molar-refractivity contribution in [2.24, 2.45) is 5.10 Å². The minimum absolute atomic E-state index is 0.0843. The number of nitrogens with zero attached hydrogens (tertiary/aromatic N) is 1. The van der Waals surface area contributed by atoms with Gasteiger partial charge in [-0.2, -0.15) is 5.10 Å². The van der Waals surface area contributed by atoms with Gasteiger partial charge in [0.1, 0.15) is 0 Å². The lowest BCUT2D eigenvalue weighted by Gasteiger charge is -2.09. The van der Waals surface area contributed by atoms with Crippen LogP contribution >= 0.6 is 11.6 Å². The second-order valence-corrected chi connectivity index (χ2v) is 4.71. The quantitative estimate of drug-likeness (QED) is 0.648. The fraction of sp³-hybridized carbons (Fsp3) is 0.385. The van der Waals surface area contributed by atoms with E-state index in [-0.39, 0.29) is 11.9 Å². The number of hydrogen-bond donors (Lipinski definition) is 2. The molecule has 4 nitrogen and oxygen atoms in total. The number of nitrogens with one attached hydrogen (secondary N) is 2. The predicted octanol–water partition coefficient (Wildman–Crippen LogP) is 1.93. The van der Waals surface area contributed by atoms with Gasteiger partial charge in [-0.3, -0.25) is 4.79 Å². The van der Waals surface area contributed by atoms with Crippen LogP contribution in [-0.2, 0) is 4.79 Å². The van der Waals surface area contributed by atoms with Crippen molar-refractivity contribution in [2.75, 3.05) is 6.54 Å². The van der Waals surface area contributed by atoms with Crippen LogP contribution in [0.15, 0.2) is 29.4 Å². The SMILES string of the molecule is C/C(=N\NC(=O)[C@@H]1CCCN1)c1ccccc1Cl. The molecule has 5 heteroatoms. The summed E-state index contributed by atoms with van der Waals surface area (Å²) in [4.78, 5) is 11.8. The molecule has 1 saturated heterocycles. The molecule has 0 saturated carbocycles. The molecular weight excluding hydrogens is 250 g/mol. The molecule has 1 aliphatic rings. The van der Waals surface area contributed by atoms with E-state index in [4.69, 9.17) is 11.6 Å². The minimum Gasteiger partial charge on any atom is -0.306 e. The summed E-state index contributed by atoms with van der Waals surface area (Å²) in [5, 5.41) is 7.85. The summed E-state index contributed by atoms with van der Waals surface area (Å²) in [6.07, 6.45) is 1.90. The molecular formula is C13H16ClN3O. The number of carbonyl (C=O) groups is 1. The van der Waals surface area contributed by atoms with Gasteiger partial charge in [-0.05, 0) is 32.4 Å². The van der Waals surface area contributed by atoms with Gasteiger partial charge in [0.05, 0.1) is 11.8 Å². The fourth-order valence-corrected chi connectivity index (χ4v) is 2.21. The van der Waals surface area contributed by atoms with Gasteiger partial charge in [0.25, 0.3) is 5.91 Å². The number of rotatable bonds is 3. The first kappa shape index (κ1) is 13.1. The van der Waals surface area contributed by atoms with Crippen LogP contribution in [0.25, 0.3) is 0 Å². The highest BCUT2D eigenvalue weighted by Gasteiger charge is 2.21. The van der Waals surface area contributed by atoms with E-state index in [0.717, 1.165) is 24.9 Å². The Balaban J connectivity index is 2.00. The largest absolute Gasteiger partial charge is 0.306 e. The van der Waals surface area contributed by atoms with E-state index in [0.29, 0.717) is 10.7 Å². The lowest BCUT2D eigenvalue weighted by molar-refractivity contribution is -0.122. The second-order valence-electron chi connectivity index (χ2n) is 4.30. The number of hydrazone groups is 1. The Morgan fingerprint density at radius 1 is 1.50 bits per heavy atom. The molecule has 1 atom stereocenters. The fourth-order valence-electron chi connectivity index (χ4n) is 1.94. The van der Waals surface area contributed by atoms with Crippen LogP contribution in [0.3, 0.4) is 0 Å². The molecule has 0 unspecified atom stereocenters. The van der Waals surface area contributed by atoms with Crippen molar-refractivity contribution in [3.8, 4) is 0 Å². The minimum atomic E-state index is -0.118. The summed E-state index contributed by atoms with van der Waals surface area (Å²) < 4.78 is 0. The van der Waals surface area contributed by atoms with Crippen LogP contribution in [0.4, 0.5) is 0 Å². The Labute approximate surface area is 111 Å². The van der Waals surface area contributed by atoms with E-state index >= 15 is 0 Å². The van der Waals surface area contributed by atoms with Crippen molar-refractivity contribution in [3.63, 3.8) is 0 Å². The summed E-state index contributed by atoms with van der Waals surface area (Å²) in [5.41, 5.74) is 4.11. The molecule has 0 bridgehead atoms. The van der Waals surface area contributed by atoms with E-state index in [1.807, 2.05) is 25.1 Å². The first-order valence-corrected chi connectivity index (χ1v) is 6.38. The Morgan fingerprint density at radius 3 is 2.94 bits per heavy atom. The van der Waals surface area contributed by atoms with Gasteiger partial charge in [-0.1, -0.05) is 29.8 Å². The molecule has 0 radical (unpaired) electrons. The van der Waals surface area contributed by atoms with Crippen molar-refractivity contribution in [1.82, 2.24) is 10.7 Å². The maximum atomic E-state index is 11.8. The predicted molar refractivity (Wildman–Crippen MR) is 72.8 cm³/mol. The third kappa shape index (κ3) is 3.09. The summed E-state index contributed by atoms with van der Waals surface area (Å²) in [6, 6.07) is 7.31. The molecule has 1 aromatic carbocycles. The molecule has 0 aliphatic carbocycles. The van der Waals surface area contributed by atoms with Gasteiger partial charge in [-0.15, -0.1) is 0 Å². The normalized spacial score (nSPS) is 19.9. The average molecular weight is 266 g/mol. The lowest BCUT2D eigenvalue weighted by atomic mass is 10.1. The van der Waals surface area contributed by atoms with Crippen molar-refractivity contribution >= 4 is 23.2 Å². The number of halogens is 1. The molecule has 1 amide bonds. The molecule has 1 fully saturated rings. The van der Waals surface area contributed by atoms with Crippen LogP contribution in [0.5, 0.6) is 0 Å². The van der Waals surface area contributed by atoms with Crippen molar-refractivity contribution < 1.29 is 4.79 Å². The number of benzene rings is 1. The summed E-state index contributed by atoms with van der Waals surface area (Å²) >= 11 is 6.06. The van der Waals surface area contributed by atoms with Gasteiger partial charge in [-0.25, -0.2) is 5.43 Å². The molecule has 2 N–H and O–H groups in total. The maximum Gasteiger partial charge on any atom is 0.257 e. The second kappa shape index (κ2) is 5.98. The summed E-state index contributed by atoms with van der Waals surface area (Å²) in [7, 11) is 0. The Bertz CT molecular complexity index is 467. The molecule has 1 aromatic rings. The van der Waals surface area contributed by atoms with Gasteiger partial charge in [0, 0.05) is 10.6 Å². The zero-order chi connectivity index (χ0) is 13.0. The maximum absolute atomic E-state index is 11.8.